The van der Waals surface area contributed by atoms with Gasteiger partial charge in [-0.25, -0.2) is 0 Å². The van der Waals surface area contributed by atoms with Gasteiger partial charge >= 0.3 is 0 Å². The topological polar surface area (TPSA) is 60.2 Å². The summed E-state index contributed by atoms with van der Waals surface area (Å²) in [7, 11) is 0. The molecule has 1 aromatic carbocycles. The van der Waals surface area contributed by atoms with Crippen LogP contribution in [0.5, 0.6) is 0 Å². The summed E-state index contributed by atoms with van der Waals surface area (Å²) >= 11 is 3.42. The van der Waals surface area contributed by atoms with Gasteiger partial charge in [0.05, 0.1) is 11.2 Å². The number of benzene rings is 1. The van der Waals surface area contributed by atoms with E-state index in [4.69, 9.17) is 10.5 Å². The second-order valence-electron chi connectivity index (χ2n) is 4.64. The molecule has 4 nitrogen and oxygen atoms in total. The number of nitrogens with one attached hydrogen (secondary N) is 1. The predicted molar refractivity (Wildman–Crippen MR) is 88.1 cm³/mol. The summed E-state index contributed by atoms with van der Waals surface area (Å²) in [5.41, 5.74) is 8.65. The summed E-state index contributed by atoms with van der Waals surface area (Å²) in [5, 5.41) is 4.36. The molecule has 3 N–H and O–H groups in total. The van der Waals surface area contributed by atoms with Crippen molar-refractivity contribution >= 4 is 38.2 Å². The van der Waals surface area contributed by atoms with E-state index in [-0.39, 0.29) is 0 Å². The highest BCUT2D eigenvalue weighted by Gasteiger charge is 2.05. The van der Waals surface area contributed by atoms with Gasteiger partial charge in [-0.05, 0) is 47.0 Å². The zero-order valence-electron chi connectivity index (χ0n) is 11.7. The van der Waals surface area contributed by atoms with E-state index in [1.807, 2.05) is 18.2 Å². The summed E-state index contributed by atoms with van der Waals surface area (Å²) in [6.07, 6.45) is 3.83. The van der Waals surface area contributed by atoms with E-state index < -0.39 is 0 Å². The van der Waals surface area contributed by atoms with Gasteiger partial charge in [-0.1, -0.05) is 6.92 Å². The molecule has 0 atom stereocenters. The Bertz CT molecular complexity index is 574. The molecule has 0 spiro atoms. The van der Waals surface area contributed by atoms with Crippen molar-refractivity contribution in [3.05, 3.63) is 28.9 Å². The zero-order valence-corrected chi connectivity index (χ0v) is 13.2. The maximum absolute atomic E-state index is 6.00. The first-order chi connectivity index (χ1) is 9.72. The average Bonchev–Trinajstić information content (AvgIpc) is 2.45. The minimum absolute atomic E-state index is 0.741. The Labute approximate surface area is 127 Å². The third kappa shape index (κ3) is 3.84. The van der Waals surface area contributed by atoms with Crippen LogP contribution in [0.4, 0.5) is 11.4 Å². The van der Waals surface area contributed by atoms with Gasteiger partial charge in [-0.2, -0.15) is 0 Å². The SMILES string of the molecule is CCCOCCCNc1ccc(N)c2cc(Br)cnc12. The summed E-state index contributed by atoms with van der Waals surface area (Å²) < 4.78 is 6.39. The summed E-state index contributed by atoms with van der Waals surface area (Å²) in [4.78, 5) is 4.45. The number of fused-ring (bicyclic) bond motifs is 1. The number of pyridine rings is 1. The molecule has 0 bridgehead atoms. The highest BCUT2D eigenvalue weighted by molar-refractivity contribution is 9.10. The van der Waals surface area contributed by atoms with Crippen LogP contribution >= 0.6 is 15.9 Å². The van der Waals surface area contributed by atoms with Gasteiger partial charge in [0.1, 0.15) is 0 Å². The molecule has 0 saturated heterocycles. The quantitative estimate of drug-likeness (QED) is 0.595. The first-order valence-electron chi connectivity index (χ1n) is 6.87. The van der Waals surface area contributed by atoms with Crippen molar-refractivity contribution in [3.8, 4) is 0 Å². The number of hydrogen-bond donors (Lipinski definition) is 2. The van der Waals surface area contributed by atoms with Crippen LogP contribution < -0.4 is 11.1 Å². The average molecular weight is 338 g/mol. The molecule has 2 rings (SSSR count). The lowest BCUT2D eigenvalue weighted by molar-refractivity contribution is 0.134. The second-order valence-corrected chi connectivity index (χ2v) is 5.56. The lowest BCUT2D eigenvalue weighted by Gasteiger charge is -2.11. The van der Waals surface area contributed by atoms with Gasteiger partial charge in [-0.15, -0.1) is 0 Å². The second kappa shape index (κ2) is 7.45. The molecule has 0 aliphatic carbocycles. The Morgan fingerprint density at radius 2 is 2.20 bits per heavy atom. The maximum atomic E-state index is 6.00. The van der Waals surface area contributed by atoms with Crippen molar-refractivity contribution in [2.45, 2.75) is 19.8 Å². The first-order valence-corrected chi connectivity index (χ1v) is 7.67. The van der Waals surface area contributed by atoms with Crippen LogP contribution in [0.2, 0.25) is 0 Å². The summed E-state index contributed by atoms with van der Waals surface area (Å²) in [6.45, 7) is 4.59. The van der Waals surface area contributed by atoms with Gasteiger partial charge in [-0.3, -0.25) is 4.98 Å². The number of ether oxygens (including phenoxy) is 1. The molecule has 0 aliphatic heterocycles. The normalized spacial score (nSPS) is 10.9. The predicted octanol–water partition coefficient (Wildman–Crippen LogP) is 3.81. The molecule has 5 heteroatoms. The zero-order chi connectivity index (χ0) is 14.4. The molecule has 0 aliphatic rings. The van der Waals surface area contributed by atoms with Gasteiger partial charge in [0.15, 0.2) is 0 Å². The molecular formula is C15H20BrN3O. The fourth-order valence-corrected chi connectivity index (χ4v) is 2.33. The maximum Gasteiger partial charge on any atom is 0.0954 e. The van der Waals surface area contributed by atoms with Crippen molar-refractivity contribution in [2.24, 2.45) is 0 Å². The summed E-state index contributed by atoms with van der Waals surface area (Å²) in [6, 6.07) is 5.88. The summed E-state index contributed by atoms with van der Waals surface area (Å²) in [5.74, 6) is 0. The van der Waals surface area contributed by atoms with Crippen LogP contribution in [0, 0.1) is 0 Å². The van der Waals surface area contributed by atoms with Crippen molar-refractivity contribution in [1.29, 1.82) is 0 Å². The molecule has 0 fully saturated rings. The van der Waals surface area contributed by atoms with E-state index in [0.29, 0.717) is 0 Å². The molecule has 0 unspecified atom stereocenters. The lowest BCUT2D eigenvalue weighted by Crippen LogP contribution is -2.07. The van der Waals surface area contributed by atoms with Crippen LogP contribution in [-0.4, -0.2) is 24.7 Å². The minimum Gasteiger partial charge on any atom is -0.398 e. The van der Waals surface area contributed by atoms with E-state index in [9.17, 15) is 0 Å². The molecule has 1 heterocycles. The van der Waals surface area contributed by atoms with Crippen LogP contribution in [0.15, 0.2) is 28.9 Å². The lowest BCUT2D eigenvalue weighted by atomic mass is 10.1. The molecule has 108 valence electrons. The van der Waals surface area contributed by atoms with Crippen LogP contribution in [-0.2, 0) is 4.74 Å². The highest BCUT2D eigenvalue weighted by atomic mass is 79.9. The molecule has 2 aromatic rings. The molecule has 1 aromatic heterocycles. The number of anilines is 2. The van der Waals surface area contributed by atoms with Crippen LogP contribution in [0.25, 0.3) is 10.9 Å². The van der Waals surface area contributed by atoms with Crippen molar-refractivity contribution in [1.82, 2.24) is 4.98 Å². The third-order valence-electron chi connectivity index (χ3n) is 2.98. The van der Waals surface area contributed by atoms with Crippen LogP contribution in [0.3, 0.4) is 0 Å². The number of halogens is 1. The highest BCUT2D eigenvalue weighted by Crippen LogP contribution is 2.28. The Balaban J connectivity index is 2.02. The van der Waals surface area contributed by atoms with E-state index in [1.54, 1.807) is 6.20 Å². The Kier molecular flexibility index (Phi) is 5.61. The van der Waals surface area contributed by atoms with E-state index in [0.717, 1.165) is 59.4 Å². The molecule has 20 heavy (non-hydrogen) atoms. The van der Waals surface area contributed by atoms with Gasteiger partial charge in [0.2, 0.25) is 0 Å². The van der Waals surface area contributed by atoms with Crippen molar-refractivity contribution < 1.29 is 4.74 Å². The number of rotatable bonds is 7. The Morgan fingerprint density at radius 1 is 1.35 bits per heavy atom. The van der Waals surface area contributed by atoms with E-state index >= 15 is 0 Å². The largest absolute Gasteiger partial charge is 0.398 e. The minimum atomic E-state index is 0.741. The third-order valence-corrected chi connectivity index (χ3v) is 3.41. The fraction of sp³-hybridized carbons (Fsp3) is 0.400. The number of nitrogen functional groups attached to an aromatic ring is 1. The Morgan fingerprint density at radius 3 is 3.00 bits per heavy atom. The smallest absolute Gasteiger partial charge is 0.0954 e. The van der Waals surface area contributed by atoms with Gasteiger partial charge in [0, 0.05) is 41.5 Å². The van der Waals surface area contributed by atoms with Crippen molar-refractivity contribution in [2.75, 3.05) is 30.8 Å². The van der Waals surface area contributed by atoms with Gasteiger partial charge < -0.3 is 15.8 Å². The number of hydrogen-bond acceptors (Lipinski definition) is 4. The number of nitrogens with two attached hydrogens (primary N) is 1. The fourth-order valence-electron chi connectivity index (χ4n) is 2.00. The molecule has 0 radical (unpaired) electrons. The molecule has 0 amide bonds. The van der Waals surface area contributed by atoms with Crippen LogP contribution in [0.1, 0.15) is 19.8 Å². The number of nitrogens with zero attached hydrogens (tertiary/aromatic N) is 1. The Hall–Kier alpha value is -1.33. The standard InChI is InChI=1S/C15H20BrN3O/c1-2-7-20-8-3-6-18-14-5-4-13(17)12-9-11(16)10-19-15(12)14/h4-5,9-10,18H,2-3,6-8,17H2,1H3. The monoisotopic (exact) mass is 337 g/mol. The first kappa shape index (κ1) is 15.1. The van der Waals surface area contributed by atoms with Gasteiger partial charge in [0.25, 0.3) is 0 Å². The molecular weight excluding hydrogens is 318 g/mol. The van der Waals surface area contributed by atoms with Crippen molar-refractivity contribution in [3.63, 3.8) is 0 Å². The van der Waals surface area contributed by atoms with E-state index in [2.05, 4.69) is 33.2 Å². The molecule has 0 saturated carbocycles. The van der Waals surface area contributed by atoms with E-state index in [1.165, 1.54) is 0 Å². The number of aromatic nitrogens is 1.